The molecular formula is C26H24N4O5S2. The van der Waals surface area contributed by atoms with Gasteiger partial charge in [0, 0.05) is 19.2 Å². The maximum absolute atomic E-state index is 13.6. The molecule has 37 heavy (non-hydrogen) atoms. The summed E-state index contributed by atoms with van der Waals surface area (Å²) in [5, 5.41) is 12.7. The molecular weight excluding hydrogens is 512 g/mol. The molecule has 11 heteroatoms. The molecule has 1 fully saturated rings. The lowest BCUT2D eigenvalue weighted by atomic mass is 10.1. The zero-order valence-corrected chi connectivity index (χ0v) is 21.9. The Morgan fingerprint density at radius 2 is 1.73 bits per heavy atom. The third-order valence-electron chi connectivity index (χ3n) is 6.37. The Morgan fingerprint density at radius 1 is 1.00 bits per heavy atom. The SMILES string of the molecule is Cc1ccc(-n2c(Sc3ccc(S(=O)(=O)N4CCCC4)cc3[N+](=O)[O-])nc3ccccc3c2=O)c(C)c1. The number of rotatable bonds is 6. The van der Waals surface area contributed by atoms with E-state index in [9.17, 15) is 23.3 Å². The maximum Gasteiger partial charge on any atom is 0.284 e. The van der Waals surface area contributed by atoms with E-state index in [1.54, 1.807) is 24.3 Å². The highest BCUT2D eigenvalue weighted by Crippen LogP contribution is 2.37. The van der Waals surface area contributed by atoms with Gasteiger partial charge >= 0.3 is 0 Å². The van der Waals surface area contributed by atoms with Gasteiger partial charge in [-0.1, -0.05) is 29.8 Å². The van der Waals surface area contributed by atoms with Crippen molar-refractivity contribution in [2.24, 2.45) is 0 Å². The lowest BCUT2D eigenvalue weighted by molar-refractivity contribution is -0.388. The van der Waals surface area contributed by atoms with Gasteiger partial charge in [0.1, 0.15) is 0 Å². The Balaban J connectivity index is 1.67. The van der Waals surface area contributed by atoms with Gasteiger partial charge in [0.2, 0.25) is 10.0 Å². The molecule has 0 bridgehead atoms. The summed E-state index contributed by atoms with van der Waals surface area (Å²) in [4.78, 5) is 29.8. The van der Waals surface area contributed by atoms with Crippen LogP contribution in [0.3, 0.4) is 0 Å². The van der Waals surface area contributed by atoms with Crippen molar-refractivity contribution >= 4 is 38.4 Å². The van der Waals surface area contributed by atoms with Gasteiger partial charge in [-0.05, 0) is 74.3 Å². The van der Waals surface area contributed by atoms with E-state index < -0.39 is 14.9 Å². The minimum Gasteiger partial charge on any atom is -0.268 e. The summed E-state index contributed by atoms with van der Waals surface area (Å²) in [5.41, 5.74) is 2.31. The van der Waals surface area contributed by atoms with Crippen molar-refractivity contribution in [2.75, 3.05) is 13.1 Å². The Hall–Kier alpha value is -3.54. The van der Waals surface area contributed by atoms with Crippen molar-refractivity contribution < 1.29 is 13.3 Å². The number of sulfonamides is 1. The number of para-hydroxylation sites is 1. The summed E-state index contributed by atoms with van der Waals surface area (Å²) in [6, 6.07) is 16.5. The van der Waals surface area contributed by atoms with E-state index in [1.165, 1.54) is 21.0 Å². The van der Waals surface area contributed by atoms with Crippen LogP contribution < -0.4 is 5.56 Å². The van der Waals surface area contributed by atoms with Gasteiger partial charge in [-0.15, -0.1) is 0 Å². The highest BCUT2D eigenvalue weighted by Gasteiger charge is 2.30. The molecule has 0 spiro atoms. The normalized spacial score (nSPS) is 14.3. The third kappa shape index (κ3) is 4.65. The fourth-order valence-electron chi connectivity index (χ4n) is 4.51. The molecule has 0 aliphatic carbocycles. The minimum atomic E-state index is -3.83. The summed E-state index contributed by atoms with van der Waals surface area (Å²) in [6.45, 7) is 4.64. The minimum absolute atomic E-state index is 0.122. The van der Waals surface area contributed by atoms with Gasteiger partial charge in [0.15, 0.2) is 5.16 Å². The second-order valence-electron chi connectivity index (χ2n) is 8.94. The zero-order valence-electron chi connectivity index (χ0n) is 20.2. The number of fused-ring (bicyclic) bond motifs is 1. The summed E-state index contributed by atoms with van der Waals surface area (Å²) in [6.07, 6.45) is 1.53. The molecule has 1 saturated heterocycles. The molecule has 3 aromatic carbocycles. The highest BCUT2D eigenvalue weighted by molar-refractivity contribution is 7.99. The first-order valence-corrected chi connectivity index (χ1v) is 14.0. The predicted molar refractivity (Wildman–Crippen MR) is 142 cm³/mol. The topological polar surface area (TPSA) is 115 Å². The fourth-order valence-corrected chi connectivity index (χ4v) is 7.04. The molecule has 1 aliphatic rings. The van der Waals surface area contributed by atoms with Gasteiger partial charge in [-0.25, -0.2) is 13.4 Å². The lowest BCUT2D eigenvalue weighted by Gasteiger charge is -2.17. The summed E-state index contributed by atoms with van der Waals surface area (Å²) in [5.74, 6) is 0. The highest BCUT2D eigenvalue weighted by atomic mass is 32.2. The Labute approximate surface area is 218 Å². The van der Waals surface area contributed by atoms with Crippen molar-refractivity contribution in [1.82, 2.24) is 13.9 Å². The van der Waals surface area contributed by atoms with Crippen molar-refractivity contribution in [3.8, 4) is 5.69 Å². The molecule has 0 radical (unpaired) electrons. The molecule has 0 N–H and O–H groups in total. The molecule has 0 unspecified atom stereocenters. The van der Waals surface area contributed by atoms with Crippen LogP contribution in [0.1, 0.15) is 24.0 Å². The quantitative estimate of drug-likeness (QED) is 0.197. The van der Waals surface area contributed by atoms with E-state index in [0.717, 1.165) is 41.8 Å². The summed E-state index contributed by atoms with van der Waals surface area (Å²) >= 11 is 0.959. The second-order valence-corrected chi connectivity index (χ2v) is 11.9. The fraction of sp³-hybridized carbons (Fsp3) is 0.231. The van der Waals surface area contributed by atoms with E-state index in [1.807, 2.05) is 32.0 Å². The Bertz CT molecular complexity index is 1710. The number of hydrogen-bond donors (Lipinski definition) is 0. The smallest absolute Gasteiger partial charge is 0.268 e. The van der Waals surface area contributed by atoms with Crippen LogP contribution in [-0.4, -0.2) is 40.3 Å². The Morgan fingerprint density at radius 3 is 2.43 bits per heavy atom. The molecule has 190 valence electrons. The van der Waals surface area contributed by atoms with E-state index in [-0.39, 0.29) is 26.2 Å². The number of aryl methyl sites for hydroxylation is 2. The Kier molecular flexibility index (Phi) is 6.61. The van der Waals surface area contributed by atoms with E-state index in [2.05, 4.69) is 4.98 Å². The van der Waals surface area contributed by atoms with Crippen LogP contribution in [0, 0.1) is 24.0 Å². The van der Waals surface area contributed by atoms with Gasteiger partial charge in [0.05, 0.1) is 31.3 Å². The average molecular weight is 537 g/mol. The number of aromatic nitrogens is 2. The van der Waals surface area contributed by atoms with Gasteiger partial charge < -0.3 is 0 Å². The van der Waals surface area contributed by atoms with Crippen LogP contribution in [-0.2, 0) is 10.0 Å². The van der Waals surface area contributed by atoms with Gasteiger partial charge in [0.25, 0.3) is 11.2 Å². The van der Waals surface area contributed by atoms with Crippen molar-refractivity contribution in [3.63, 3.8) is 0 Å². The second kappa shape index (κ2) is 9.73. The number of nitrogens with zero attached hydrogens (tertiary/aromatic N) is 4. The zero-order chi connectivity index (χ0) is 26.3. The molecule has 0 amide bonds. The van der Waals surface area contributed by atoms with Crippen molar-refractivity contribution in [2.45, 2.75) is 41.6 Å². The largest absolute Gasteiger partial charge is 0.284 e. The number of nitro benzene ring substituents is 1. The van der Waals surface area contributed by atoms with E-state index in [4.69, 9.17) is 0 Å². The number of benzene rings is 3. The first-order valence-electron chi connectivity index (χ1n) is 11.7. The molecule has 1 aromatic heterocycles. The summed E-state index contributed by atoms with van der Waals surface area (Å²) < 4.78 is 28.8. The molecule has 0 atom stereocenters. The predicted octanol–water partition coefficient (Wildman–Crippen LogP) is 4.85. The van der Waals surface area contributed by atoms with Crippen molar-refractivity contribution in [3.05, 3.63) is 92.3 Å². The first-order chi connectivity index (χ1) is 17.7. The van der Waals surface area contributed by atoms with Crippen LogP contribution in [0.4, 0.5) is 5.69 Å². The standard InChI is InChI=1S/C26H24N4O5S2/c1-17-9-11-22(18(2)15-17)29-25(31)20-7-3-4-8-21(20)27-26(29)36-24-12-10-19(16-23(24)30(32)33)37(34,35)28-13-5-6-14-28/h3-4,7-12,15-16H,5-6,13-14H2,1-2H3. The molecule has 9 nitrogen and oxygen atoms in total. The van der Waals surface area contributed by atoms with Crippen LogP contribution in [0.5, 0.6) is 0 Å². The molecule has 1 aliphatic heterocycles. The van der Waals surface area contributed by atoms with E-state index >= 15 is 0 Å². The molecule has 2 heterocycles. The number of hydrogen-bond acceptors (Lipinski definition) is 7. The summed E-state index contributed by atoms with van der Waals surface area (Å²) in [7, 11) is -3.83. The van der Waals surface area contributed by atoms with Gasteiger partial charge in [-0.2, -0.15) is 4.31 Å². The lowest BCUT2D eigenvalue weighted by Crippen LogP contribution is -2.27. The van der Waals surface area contributed by atoms with Crippen LogP contribution in [0.2, 0.25) is 0 Å². The first kappa shape index (κ1) is 25.1. The third-order valence-corrected chi connectivity index (χ3v) is 9.29. The number of nitro groups is 1. The van der Waals surface area contributed by atoms with Crippen molar-refractivity contribution in [1.29, 1.82) is 0 Å². The van der Waals surface area contributed by atoms with Crippen LogP contribution >= 0.6 is 11.8 Å². The van der Waals surface area contributed by atoms with Crippen LogP contribution in [0.15, 0.2) is 80.4 Å². The molecule has 5 rings (SSSR count). The van der Waals surface area contributed by atoms with Gasteiger partial charge in [-0.3, -0.25) is 19.5 Å². The average Bonchev–Trinajstić information content (AvgIpc) is 3.41. The van der Waals surface area contributed by atoms with E-state index in [0.29, 0.717) is 29.7 Å². The monoisotopic (exact) mass is 536 g/mol. The maximum atomic E-state index is 13.6. The van der Waals surface area contributed by atoms with Crippen LogP contribution in [0.25, 0.3) is 16.6 Å². The molecule has 0 saturated carbocycles. The molecule has 4 aromatic rings.